The second-order valence-electron chi connectivity index (χ2n) is 7.21. The highest BCUT2D eigenvalue weighted by Gasteiger charge is 2.28. The average molecular weight is 333 g/mol. The zero-order valence-corrected chi connectivity index (χ0v) is 14.8. The van der Waals surface area contributed by atoms with E-state index in [0.29, 0.717) is 0 Å². The first kappa shape index (κ1) is 16.2. The molecule has 0 aliphatic heterocycles. The van der Waals surface area contributed by atoms with Crippen LogP contribution in [0.2, 0.25) is 0 Å². The van der Waals surface area contributed by atoms with Crippen molar-refractivity contribution in [3.63, 3.8) is 0 Å². The molecule has 1 unspecified atom stereocenters. The van der Waals surface area contributed by atoms with Crippen molar-refractivity contribution in [2.45, 2.75) is 57.0 Å². The molecule has 0 bridgehead atoms. The zero-order valence-electron chi connectivity index (χ0n) is 14.0. The first-order valence-corrected chi connectivity index (χ1v) is 9.32. The van der Waals surface area contributed by atoms with Gasteiger partial charge >= 0.3 is 0 Å². The molecule has 1 aliphatic carbocycles. The maximum absolute atomic E-state index is 12.6. The molecule has 23 heavy (non-hydrogen) atoms. The Balaban J connectivity index is 1.85. The molecule has 0 fully saturated rings. The van der Waals surface area contributed by atoms with Crippen LogP contribution in [-0.2, 0) is 22.0 Å². The maximum Gasteiger partial charge on any atom is 0.244 e. The Morgan fingerprint density at radius 1 is 1.30 bits per heavy atom. The van der Waals surface area contributed by atoms with Gasteiger partial charge < -0.3 is 0 Å². The van der Waals surface area contributed by atoms with Gasteiger partial charge in [0.25, 0.3) is 0 Å². The van der Waals surface area contributed by atoms with Crippen molar-refractivity contribution in [1.82, 2.24) is 14.5 Å². The van der Waals surface area contributed by atoms with Crippen molar-refractivity contribution in [2.24, 2.45) is 0 Å². The summed E-state index contributed by atoms with van der Waals surface area (Å²) in [4.78, 5) is 0.216. The second kappa shape index (κ2) is 5.46. The Bertz CT molecular complexity index is 832. The highest BCUT2D eigenvalue weighted by molar-refractivity contribution is 7.89. The minimum atomic E-state index is -3.57. The van der Waals surface area contributed by atoms with Gasteiger partial charge in [-0.1, -0.05) is 23.8 Å². The molecule has 0 spiro atoms. The van der Waals surface area contributed by atoms with Gasteiger partial charge in [-0.15, -0.1) is 0 Å². The summed E-state index contributed by atoms with van der Waals surface area (Å²) in [5.74, 6) is 0. The van der Waals surface area contributed by atoms with Crippen LogP contribution in [0.5, 0.6) is 0 Å². The lowest BCUT2D eigenvalue weighted by atomic mass is 10.1. The molecule has 3 rings (SSSR count). The molecule has 1 heterocycles. The molecule has 0 saturated heterocycles. The molecule has 1 aliphatic rings. The van der Waals surface area contributed by atoms with E-state index in [4.69, 9.17) is 0 Å². The number of benzene rings is 1. The first-order valence-electron chi connectivity index (χ1n) is 7.84. The predicted octanol–water partition coefficient (Wildman–Crippen LogP) is 2.91. The summed E-state index contributed by atoms with van der Waals surface area (Å²) in [6.07, 6.45) is 4.71. The lowest BCUT2D eigenvalue weighted by Gasteiger charge is -2.18. The van der Waals surface area contributed by atoms with Gasteiger partial charge in [-0.25, -0.2) is 13.1 Å². The topological polar surface area (TPSA) is 64.0 Å². The smallest absolute Gasteiger partial charge is 0.244 e. The van der Waals surface area contributed by atoms with Crippen molar-refractivity contribution in [3.8, 4) is 0 Å². The number of sulfonamides is 1. The molecule has 124 valence electrons. The van der Waals surface area contributed by atoms with E-state index in [1.165, 1.54) is 17.3 Å². The SMILES string of the molecule is Cc1ccc2c(c1)CCC2NS(=O)(=O)c1cnn(C(C)(C)C)c1. The molecular formula is C17H23N3O2S. The van der Waals surface area contributed by atoms with Gasteiger partial charge in [0, 0.05) is 12.2 Å². The molecular weight excluding hydrogens is 310 g/mol. The van der Waals surface area contributed by atoms with Gasteiger partial charge in [0.15, 0.2) is 0 Å². The monoisotopic (exact) mass is 333 g/mol. The number of aryl methyl sites for hydroxylation is 2. The van der Waals surface area contributed by atoms with Gasteiger partial charge in [0.05, 0.1) is 11.7 Å². The Labute approximate surface area is 137 Å². The van der Waals surface area contributed by atoms with Gasteiger partial charge in [0.1, 0.15) is 4.90 Å². The van der Waals surface area contributed by atoms with Crippen molar-refractivity contribution in [3.05, 3.63) is 47.3 Å². The Morgan fingerprint density at radius 2 is 2.04 bits per heavy atom. The number of aromatic nitrogens is 2. The largest absolute Gasteiger partial charge is 0.266 e. The summed E-state index contributed by atoms with van der Waals surface area (Å²) in [6.45, 7) is 8.01. The third kappa shape index (κ3) is 3.19. The summed E-state index contributed by atoms with van der Waals surface area (Å²) in [7, 11) is -3.57. The van der Waals surface area contributed by atoms with E-state index >= 15 is 0 Å². The van der Waals surface area contributed by atoms with E-state index in [0.717, 1.165) is 18.4 Å². The minimum absolute atomic E-state index is 0.159. The molecule has 5 nitrogen and oxygen atoms in total. The first-order chi connectivity index (χ1) is 10.7. The number of hydrogen-bond acceptors (Lipinski definition) is 3. The minimum Gasteiger partial charge on any atom is -0.266 e. The van der Waals surface area contributed by atoms with Crippen molar-refractivity contribution in [2.75, 3.05) is 0 Å². The van der Waals surface area contributed by atoms with Crippen LogP contribution in [0.3, 0.4) is 0 Å². The van der Waals surface area contributed by atoms with Crippen LogP contribution in [0.4, 0.5) is 0 Å². The summed E-state index contributed by atoms with van der Waals surface area (Å²) in [5, 5.41) is 4.18. The van der Waals surface area contributed by atoms with E-state index < -0.39 is 10.0 Å². The van der Waals surface area contributed by atoms with Gasteiger partial charge in [-0.2, -0.15) is 5.10 Å². The predicted molar refractivity (Wildman–Crippen MR) is 89.8 cm³/mol. The molecule has 1 atom stereocenters. The van der Waals surface area contributed by atoms with Crippen LogP contribution < -0.4 is 4.72 Å². The molecule has 0 amide bonds. The fourth-order valence-electron chi connectivity index (χ4n) is 2.94. The number of nitrogens with one attached hydrogen (secondary N) is 1. The van der Waals surface area contributed by atoms with Gasteiger partial charge in [-0.05, 0) is 51.7 Å². The summed E-state index contributed by atoms with van der Waals surface area (Å²) in [5.41, 5.74) is 3.29. The number of rotatable bonds is 3. The lowest BCUT2D eigenvalue weighted by Crippen LogP contribution is -2.27. The standard InChI is InChI=1S/C17H23N3O2S/c1-12-5-7-15-13(9-12)6-8-16(15)19-23(21,22)14-10-18-20(11-14)17(2,3)4/h5,7,9-11,16,19H,6,8H2,1-4H3. The van der Waals surface area contributed by atoms with Gasteiger partial charge in [-0.3, -0.25) is 4.68 Å². The molecule has 6 heteroatoms. The quantitative estimate of drug-likeness (QED) is 0.939. The van der Waals surface area contributed by atoms with Crippen LogP contribution >= 0.6 is 0 Å². The fourth-order valence-corrected chi connectivity index (χ4v) is 4.12. The van der Waals surface area contributed by atoms with E-state index in [-0.39, 0.29) is 16.5 Å². The van der Waals surface area contributed by atoms with E-state index in [1.54, 1.807) is 10.9 Å². The van der Waals surface area contributed by atoms with Crippen molar-refractivity contribution in [1.29, 1.82) is 0 Å². The van der Waals surface area contributed by atoms with Crippen LogP contribution in [0.15, 0.2) is 35.5 Å². The second-order valence-corrected chi connectivity index (χ2v) is 8.92. The van der Waals surface area contributed by atoms with Crippen LogP contribution in [0.1, 0.15) is 49.9 Å². The molecule has 1 aromatic heterocycles. The molecule has 2 aromatic rings. The van der Waals surface area contributed by atoms with Crippen LogP contribution in [0, 0.1) is 6.92 Å². The average Bonchev–Trinajstić information content (AvgIpc) is 3.05. The van der Waals surface area contributed by atoms with Gasteiger partial charge in [0.2, 0.25) is 10.0 Å². The summed E-state index contributed by atoms with van der Waals surface area (Å²) < 4.78 is 29.8. The van der Waals surface area contributed by atoms with Crippen molar-refractivity contribution < 1.29 is 8.42 Å². The Kier molecular flexibility index (Phi) is 3.84. The summed E-state index contributed by atoms with van der Waals surface area (Å²) >= 11 is 0. The van der Waals surface area contributed by atoms with Crippen LogP contribution in [0.25, 0.3) is 0 Å². The van der Waals surface area contributed by atoms with Crippen molar-refractivity contribution >= 4 is 10.0 Å². The zero-order chi connectivity index (χ0) is 16.8. The third-order valence-electron chi connectivity index (χ3n) is 4.23. The maximum atomic E-state index is 12.6. The molecule has 1 N–H and O–H groups in total. The lowest BCUT2D eigenvalue weighted by molar-refractivity contribution is 0.355. The highest BCUT2D eigenvalue weighted by atomic mass is 32.2. The fraction of sp³-hybridized carbons (Fsp3) is 0.471. The summed E-state index contributed by atoms with van der Waals surface area (Å²) in [6, 6.07) is 6.04. The highest BCUT2D eigenvalue weighted by Crippen LogP contribution is 2.33. The molecule has 0 saturated carbocycles. The Morgan fingerprint density at radius 3 is 2.70 bits per heavy atom. The van der Waals surface area contributed by atoms with E-state index in [9.17, 15) is 8.42 Å². The van der Waals surface area contributed by atoms with Crippen LogP contribution in [-0.4, -0.2) is 18.2 Å². The third-order valence-corrected chi connectivity index (χ3v) is 5.66. The number of fused-ring (bicyclic) bond motifs is 1. The molecule has 0 radical (unpaired) electrons. The Hall–Kier alpha value is -1.66. The molecule has 1 aromatic carbocycles. The van der Waals surface area contributed by atoms with E-state index in [1.807, 2.05) is 32.9 Å². The normalized spacial score (nSPS) is 18.2. The van der Waals surface area contributed by atoms with E-state index in [2.05, 4.69) is 22.8 Å². The number of nitrogens with zero attached hydrogens (tertiary/aromatic N) is 2. The number of hydrogen-bond donors (Lipinski definition) is 1.